The van der Waals surface area contributed by atoms with Crippen LogP contribution in [-0.2, 0) is 4.74 Å². The SMILES string of the molecule is C=CCOC(=O)N1c2cc(O)c(C)cc2C(=O)N2CCCC[C@H]2C1O.Cc1cc2c(cc1O)N=C[C@@H]1CCCCN1C2=O. The number of aromatic hydroxyl groups is 2. The number of aliphatic imine (C=N–C) groups is 1. The normalized spacial score (nSPS) is 22.6. The van der Waals surface area contributed by atoms with Crippen LogP contribution in [0.3, 0.4) is 0 Å². The Bertz CT molecular complexity index is 1470. The lowest BCUT2D eigenvalue weighted by Crippen LogP contribution is -2.55. The third kappa shape index (κ3) is 5.81. The summed E-state index contributed by atoms with van der Waals surface area (Å²) in [4.78, 5) is 47.0. The number of fused-ring (bicyclic) bond motifs is 4. The Balaban J connectivity index is 0.000000180. The van der Waals surface area contributed by atoms with Crippen LogP contribution in [0.25, 0.3) is 0 Å². The minimum Gasteiger partial charge on any atom is -0.508 e. The van der Waals surface area contributed by atoms with Crippen LogP contribution in [-0.4, -0.2) is 87.2 Å². The van der Waals surface area contributed by atoms with Crippen LogP contribution in [0, 0.1) is 13.8 Å². The Morgan fingerprint density at radius 1 is 0.953 bits per heavy atom. The lowest BCUT2D eigenvalue weighted by atomic mass is 10.00. The molecule has 0 saturated carbocycles. The number of piperidine rings is 2. The van der Waals surface area contributed by atoms with Gasteiger partial charge in [-0.05, 0) is 75.6 Å². The molecule has 2 fully saturated rings. The first kappa shape index (κ1) is 30.1. The van der Waals surface area contributed by atoms with Crippen LogP contribution >= 0.6 is 0 Å². The molecule has 1 unspecified atom stereocenters. The van der Waals surface area contributed by atoms with E-state index in [1.807, 2.05) is 11.1 Å². The van der Waals surface area contributed by atoms with Crippen molar-refractivity contribution in [3.63, 3.8) is 0 Å². The van der Waals surface area contributed by atoms with E-state index >= 15 is 0 Å². The van der Waals surface area contributed by atoms with Gasteiger partial charge in [0, 0.05) is 31.4 Å². The standard InChI is InChI=1S/C18H22N2O5.C14H16N2O2/c1-3-8-25-18(24)20-14-10-15(21)11(2)9-12(14)16(22)19-7-5-4-6-13(19)17(20)23;1-9-6-11-12(7-13(9)17)15-8-10-4-2-3-5-16(10)14(11)18/h3,9-10,13,17,21,23H,1,4-8H2,2H3;6-8,10,17H,2-5H2,1H3/t13-,17?;10-/m00/s1. The summed E-state index contributed by atoms with van der Waals surface area (Å²) < 4.78 is 5.10. The third-order valence-electron chi connectivity index (χ3n) is 8.48. The predicted molar refractivity (Wildman–Crippen MR) is 161 cm³/mol. The average Bonchev–Trinajstić information content (AvgIpc) is 3.19. The lowest BCUT2D eigenvalue weighted by molar-refractivity contribution is 0.0234. The summed E-state index contributed by atoms with van der Waals surface area (Å²) in [6.45, 7) is 8.29. The molecule has 3 N–H and O–H groups in total. The number of benzene rings is 2. The Hall–Kier alpha value is -4.38. The number of amides is 3. The van der Waals surface area contributed by atoms with E-state index in [-0.39, 0.29) is 47.2 Å². The maximum atomic E-state index is 13.0. The monoisotopic (exact) mass is 590 g/mol. The average molecular weight is 591 g/mol. The van der Waals surface area contributed by atoms with Crippen LogP contribution in [0.5, 0.6) is 11.5 Å². The van der Waals surface area contributed by atoms with Crippen LogP contribution in [0.2, 0.25) is 0 Å². The van der Waals surface area contributed by atoms with Crippen LogP contribution < -0.4 is 4.90 Å². The quantitative estimate of drug-likeness (QED) is 0.435. The van der Waals surface area contributed by atoms with Gasteiger partial charge >= 0.3 is 6.09 Å². The Morgan fingerprint density at radius 3 is 2.30 bits per heavy atom. The molecule has 0 aromatic heterocycles. The summed E-state index contributed by atoms with van der Waals surface area (Å²) in [5.41, 5.74) is 2.85. The molecule has 0 spiro atoms. The van der Waals surface area contributed by atoms with Crippen molar-refractivity contribution in [3.8, 4) is 11.5 Å². The molecule has 11 heteroatoms. The highest BCUT2D eigenvalue weighted by Crippen LogP contribution is 2.38. The number of carbonyl (C=O) groups excluding carboxylic acids is 3. The minimum absolute atomic E-state index is 0.0163. The third-order valence-corrected chi connectivity index (χ3v) is 8.48. The number of aliphatic hydroxyl groups excluding tert-OH is 1. The molecule has 2 aromatic carbocycles. The largest absolute Gasteiger partial charge is 0.508 e. The first-order valence-corrected chi connectivity index (χ1v) is 14.7. The maximum absolute atomic E-state index is 13.0. The van der Waals surface area contributed by atoms with Gasteiger partial charge < -0.3 is 29.9 Å². The van der Waals surface area contributed by atoms with Gasteiger partial charge in [0.05, 0.1) is 34.6 Å². The topological polar surface area (TPSA) is 143 Å². The van der Waals surface area contributed by atoms with E-state index in [4.69, 9.17) is 4.74 Å². The summed E-state index contributed by atoms with van der Waals surface area (Å²) >= 11 is 0. The summed E-state index contributed by atoms with van der Waals surface area (Å²) in [5, 5.41) is 30.6. The van der Waals surface area contributed by atoms with Gasteiger partial charge in [-0.25, -0.2) is 9.69 Å². The van der Waals surface area contributed by atoms with Crippen molar-refractivity contribution < 1.29 is 34.4 Å². The molecule has 0 radical (unpaired) electrons. The highest BCUT2D eigenvalue weighted by atomic mass is 16.6. The number of hydrogen-bond donors (Lipinski definition) is 3. The van der Waals surface area contributed by atoms with Crippen molar-refractivity contribution in [1.82, 2.24) is 9.80 Å². The number of hydrogen-bond acceptors (Lipinski definition) is 8. The molecule has 2 aromatic rings. The fraction of sp³-hybridized carbons (Fsp3) is 0.438. The highest BCUT2D eigenvalue weighted by molar-refractivity contribution is 6.06. The van der Waals surface area contributed by atoms with E-state index in [9.17, 15) is 29.7 Å². The van der Waals surface area contributed by atoms with E-state index < -0.39 is 18.4 Å². The molecule has 4 aliphatic heterocycles. The molecule has 2 saturated heterocycles. The zero-order valence-corrected chi connectivity index (χ0v) is 24.5. The first-order valence-electron chi connectivity index (χ1n) is 14.7. The molecule has 4 heterocycles. The van der Waals surface area contributed by atoms with Crippen molar-refractivity contribution in [2.24, 2.45) is 4.99 Å². The molecule has 0 aliphatic carbocycles. The number of aryl methyl sites for hydroxylation is 2. The second kappa shape index (κ2) is 12.5. The van der Waals surface area contributed by atoms with Gasteiger partial charge in [-0.15, -0.1) is 0 Å². The van der Waals surface area contributed by atoms with Gasteiger partial charge in [0.1, 0.15) is 18.1 Å². The molecule has 228 valence electrons. The number of phenols is 2. The molecule has 11 nitrogen and oxygen atoms in total. The molecular formula is C32H38N4O7. The van der Waals surface area contributed by atoms with Gasteiger partial charge in [0.15, 0.2) is 6.23 Å². The molecule has 0 bridgehead atoms. The number of aliphatic hydroxyl groups is 1. The van der Waals surface area contributed by atoms with E-state index in [1.165, 1.54) is 12.1 Å². The molecule has 3 atom stereocenters. The van der Waals surface area contributed by atoms with Crippen molar-refractivity contribution >= 4 is 35.5 Å². The number of nitrogens with zero attached hydrogens (tertiary/aromatic N) is 4. The van der Waals surface area contributed by atoms with Crippen LogP contribution in [0.1, 0.15) is 70.4 Å². The van der Waals surface area contributed by atoms with E-state index in [2.05, 4.69) is 11.6 Å². The lowest BCUT2D eigenvalue weighted by Gasteiger charge is -2.38. The fourth-order valence-electron chi connectivity index (χ4n) is 6.10. The van der Waals surface area contributed by atoms with Crippen LogP contribution in [0.4, 0.5) is 16.2 Å². The summed E-state index contributed by atoms with van der Waals surface area (Å²) in [6, 6.07) is 5.80. The van der Waals surface area contributed by atoms with Crippen molar-refractivity contribution in [3.05, 3.63) is 59.2 Å². The van der Waals surface area contributed by atoms with Gasteiger partial charge in [0.25, 0.3) is 11.8 Å². The zero-order chi connectivity index (χ0) is 30.8. The molecule has 3 amide bonds. The molecule has 6 rings (SSSR count). The minimum atomic E-state index is -1.25. The number of anilines is 1. The van der Waals surface area contributed by atoms with Crippen molar-refractivity contribution in [1.29, 1.82) is 0 Å². The zero-order valence-electron chi connectivity index (χ0n) is 24.5. The maximum Gasteiger partial charge on any atom is 0.416 e. The summed E-state index contributed by atoms with van der Waals surface area (Å²) in [7, 11) is 0. The Kier molecular flexibility index (Phi) is 8.72. The summed E-state index contributed by atoms with van der Waals surface area (Å²) in [5.74, 6) is -0.0742. The highest BCUT2D eigenvalue weighted by Gasteiger charge is 2.43. The van der Waals surface area contributed by atoms with Crippen molar-refractivity contribution in [2.75, 3.05) is 24.6 Å². The molecular weight excluding hydrogens is 552 g/mol. The number of ether oxygens (including phenoxy) is 1. The van der Waals surface area contributed by atoms with Gasteiger partial charge in [-0.2, -0.15) is 0 Å². The van der Waals surface area contributed by atoms with E-state index in [1.54, 1.807) is 36.9 Å². The van der Waals surface area contributed by atoms with E-state index in [0.29, 0.717) is 35.3 Å². The van der Waals surface area contributed by atoms with Crippen LogP contribution in [0.15, 0.2) is 41.9 Å². The first-order chi connectivity index (χ1) is 20.6. The smallest absolute Gasteiger partial charge is 0.416 e. The van der Waals surface area contributed by atoms with Gasteiger partial charge in [0.2, 0.25) is 0 Å². The molecule has 4 aliphatic rings. The second-order valence-corrected chi connectivity index (χ2v) is 11.4. The fourth-order valence-corrected chi connectivity index (χ4v) is 6.10. The Morgan fingerprint density at radius 2 is 1.58 bits per heavy atom. The van der Waals surface area contributed by atoms with Crippen molar-refractivity contribution in [2.45, 2.75) is 70.7 Å². The number of carbonyl (C=O) groups is 3. The predicted octanol–water partition coefficient (Wildman–Crippen LogP) is 4.57. The second-order valence-electron chi connectivity index (χ2n) is 11.4. The molecule has 43 heavy (non-hydrogen) atoms. The number of rotatable bonds is 2. The van der Waals surface area contributed by atoms with Gasteiger partial charge in [-0.1, -0.05) is 12.7 Å². The van der Waals surface area contributed by atoms with E-state index in [0.717, 1.165) is 43.5 Å². The Labute approximate surface area is 250 Å². The van der Waals surface area contributed by atoms with Gasteiger partial charge in [-0.3, -0.25) is 14.6 Å². The summed E-state index contributed by atoms with van der Waals surface area (Å²) in [6.07, 6.45) is 6.73. The number of phenolic OH excluding ortho intramolecular Hbond substituents is 2.